The average molecular weight is 378 g/mol. The Labute approximate surface area is 153 Å². The Hall–Kier alpha value is -2.78. The van der Waals surface area contributed by atoms with Crippen LogP contribution in [0, 0.1) is 10.8 Å². The fraction of sp³-hybridized carbons (Fsp3) is 0.647. The van der Waals surface area contributed by atoms with E-state index in [2.05, 4.69) is 0 Å². The third kappa shape index (κ3) is 2.62. The third-order valence-electron chi connectivity index (χ3n) is 6.07. The Morgan fingerprint density at radius 2 is 0.926 bits per heavy atom. The molecule has 0 aromatic rings. The lowest BCUT2D eigenvalue weighted by atomic mass is 9.82. The van der Waals surface area contributed by atoms with Crippen molar-refractivity contribution >= 4 is 35.6 Å². The van der Waals surface area contributed by atoms with Crippen molar-refractivity contribution in [1.82, 2.24) is 10.1 Å². The topological polar surface area (TPSA) is 127 Å². The van der Waals surface area contributed by atoms with E-state index in [4.69, 9.17) is 9.68 Å². The lowest BCUT2D eigenvalue weighted by Crippen LogP contribution is -2.38. The molecule has 4 amide bonds. The molecule has 4 aliphatic rings. The van der Waals surface area contributed by atoms with Gasteiger partial charge in [-0.15, -0.1) is 10.1 Å². The van der Waals surface area contributed by atoms with E-state index in [0.29, 0.717) is 35.8 Å². The number of imide groups is 2. The van der Waals surface area contributed by atoms with Crippen LogP contribution >= 0.6 is 0 Å². The summed E-state index contributed by atoms with van der Waals surface area (Å²) >= 11 is 0. The first-order valence-electron chi connectivity index (χ1n) is 8.93. The van der Waals surface area contributed by atoms with Gasteiger partial charge in [0.1, 0.15) is 0 Å². The number of amides is 4. The molecule has 2 saturated carbocycles. The first-order valence-corrected chi connectivity index (χ1v) is 8.93. The van der Waals surface area contributed by atoms with Gasteiger partial charge in [-0.25, -0.2) is 9.59 Å². The number of hydroxylamine groups is 4. The van der Waals surface area contributed by atoms with E-state index in [0.717, 1.165) is 0 Å². The summed E-state index contributed by atoms with van der Waals surface area (Å²) in [5.41, 5.74) is -1.94. The highest BCUT2D eigenvalue weighted by atomic mass is 16.7. The molecular weight excluding hydrogens is 360 g/mol. The Bertz CT molecular complexity index is 684. The van der Waals surface area contributed by atoms with E-state index in [1.165, 1.54) is 0 Å². The Morgan fingerprint density at radius 3 is 1.22 bits per heavy atom. The number of hydrogen-bond donors (Lipinski definition) is 0. The highest BCUT2D eigenvalue weighted by Crippen LogP contribution is 2.62. The molecule has 2 heterocycles. The van der Waals surface area contributed by atoms with Crippen molar-refractivity contribution in [1.29, 1.82) is 0 Å². The quantitative estimate of drug-likeness (QED) is 0.633. The number of carbonyl (C=O) groups is 6. The molecule has 10 nitrogen and oxygen atoms in total. The van der Waals surface area contributed by atoms with Crippen molar-refractivity contribution in [2.75, 3.05) is 0 Å². The van der Waals surface area contributed by atoms with Crippen molar-refractivity contribution in [3.63, 3.8) is 0 Å². The van der Waals surface area contributed by atoms with Crippen molar-refractivity contribution < 1.29 is 38.4 Å². The van der Waals surface area contributed by atoms with E-state index in [1.807, 2.05) is 0 Å². The van der Waals surface area contributed by atoms with Gasteiger partial charge in [0.25, 0.3) is 23.6 Å². The van der Waals surface area contributed by atoms with Crippen LogP contribution in [0.2, 0.25) is 0 Å². The third-order valence-corrected chi connectivity index (χ3v) is 6.07. The summed E-state index contributed by atoms with van der Waals surface area (Å²) in [6, 6.07) is 0. The van der Waals surface area contributed by atoms with Crippen molar-refractivity contribution in [3.8, 4) is 0 Å². The van der Waals surface area contributed by atoms with E-state index in [1.54, 1.807) is 0 Å². The first kappa shape index (κ1) is 17.6. The maximum Gasteiger partial charge on any atom is 0.339 e. The lowest BCUT2D eigenvalue weighted by Gasteiger charge is -2.26. The molecule has 2 aliphatic carbocycles. The highest BCUT2D eigenvalue weighted by Gasteiger charge is 2.64. The van der Waals surface area contributed by atoms with Gasteiger partial charge >= 0.3 is 11.9 Å². The molecule has 0 spiro atoms. The van der Waals surface area contributed by atoms with E-state index in [9.17, 15) is 28.8 Å². The monoisotopic (exact) mass is 378 g/mol. The van der Waals surface area contributed by atoms with Crippen LogP contribution in [0.4, 0.5) is 0 Å². The van der Waals surface area contributed by atoms with Crippen LogP contribution in [0.25, 0.3) is 0 Å². The van der Waals surface area contributed by atoms with E-state index >= 15 is 0 Å². The minimum Gasteiger partial charge on any atom is -0.330 e. The lowest BCUT2D eigenvalue weighted by molar-refractivity contribution is -0.206. The van der Waals surface area contributed by atoms with Crippen molar-refractivity contribution in [3.05, 3.63) is 0 Å². The Kier molecular flexibility index (Phi) is 3.83. The number of hydrogen-bond acceptors (Lipinski definition) is 8. The van der Waals surface area contributed by atoms with Gasteiger partial charge in [0.15, 0.2) is 0 Å². The summed E-state index contributed by atoms with van der Waals surface area (Å²) in [7, 11) is 0. The molecule has 10 heteroatoms. The molecule has 0 radical (unpaired) electrons. The molecule has 0 N–H and O–H groups in total. The minimum atomic E-state index is -0.971. The molecule has 4 rings (SSSR count). The predicted molar refractivity (Wildman–Crippen MR) is 82.3 cm³/mol. The Balaban J connectivity index is 1.44. The zero-order valence-electron chi connectivity index (χ0n) is 14.5. The van der Waals surface area contributed by atoms with Gasteiger partial charge in [0.05, 0.1) is 10.8 Å². The van der Waals surface area contributed by atoms with Crippen molar-refractivity contribution in [2.45, 2.75) is 57.8 Å². The first-order chi connectivity index (χ1) is 12.8. The largest absolute Gasteiger partial charge is 0.339 e. The van der Waals surface area contributed by atoms with Gasteiger partial charge < -0.3 is 9.68 Å². The van der Waals surface area contributed by atoms with Gasteiger partial charge in [-0.05, 0) is 32.1 Å². The smallest absolute Gasteiger partial charge is 0.330 e. The molecule has 144 valence electrons. The standard InChI is InChI=1S/C17H18N2O8/c20-10-1-2-11(21)18(10)26-14(24)16-5-7-17(9-16,8-6-16)15(25)27-19-12(22)3-4-13(19)23/h1-9H2. The second-order valence-corrected chi connectivity index (χ2v) is 7.66. The number of rotatable bonds is 4. The molecule has 0 atom stereocenters. The molecule has 0 unspecified atom stereocenters. The average Bonchev–Trinajstić information content (AvgIpc) is 3.38. The second-order valence-electron chi connectivity index (χ2n) is 7.66. The molecule has 2 saturated heterocycles. The molecule has 0 aromatic carbocycles. The van der Waals surface area contributed by atoms with E-state index in [-0.39, 0.29) is 32.1 Å². The number of carbonyl (C=O) groups excluding carboxylic acids is 6. The highest BCUT2D eigenvalue weighted by molar-refractivity contribution is 6.02. The molecule has 4 fully saturated rings. The maximum atomic E-state index is 12.6. The SMILES string of the molecule is O=C1CCC(=O)N1OC(=O)C12CCC(C(=O)ON3C(=O)CCC3=O)(CC1)C2. The second kappa shape index (κ2) is 5.86. The summed E-state index contributed by atoms with van der Waals surface area (Å²) in [6.45, 7) is 0. The van der Waals surface area contributed by atoms with Gasteiger partial charge in [-0.2, -0.15) is 0 Å². The zero-order chi connectivity index (χ0) is 19.4. The molecule has 0 aromatic heterocycles. The van der Waals surface area contributed by atoms with Gasteiger partial charge in [0.2, 0.25) is 0 Å². The summed E-state index contributed by atoms with van der Waals surface area (Å²) in [5, 5.41) is 1.02. The predicted octanol–water partition coefficient (Wildman–Crippen LogP) is 0.151. The maximum absolute atomic E-state index is 12.6. The van der Waals surface area contributed by atoms with Crippen LogP contribution in [0.5, 0.6) is 0 Å². The van der Waals surface area contributed by atoms with Crippen molar-refractivity contribution in [2.24, 2.45) is 10.8 Å². The van der Waals surface area contributed by atoms with Crippen LogP contribution in [-0.4, -0.2) is 45.7 Å². The summed E-state index contributed by atoms with van der Waals surface area (Å²) < 4.78 is 0. The van der Waals surface area contributed by atoms with Crippen LogP contribution in [0.1, 0.15) is 57.8 Å². The van der Waals surface area contributed by atoms with Crippen LogP contribution in [0.15, 0.2) is 0 Å². The van der Waals surface area contributed by atoms with E-state index < -0.39 is 46.4 Å². The van der Waals surface area contributed by atoms with Crippen LogP contribution in [0.3, 0.4) is 0 Å². The normalized spacial score (nSPS) is 32.6. The van der Waals surface area contributed by atoms with Crippen LogP contribution in [-0.2, 0) is 38.4 Å². The molecule has 2 bridgehead atoms. The number of nitrogens with zero attached hydrogens (tertiary/aromatic N) is 2. The Morgan fingerprint density at radius 1 is 0.630 bits per heavy atom. The molecule has 27 heavy (non-hydrogen) atoms. The minimum absolute atomic E-state index is 0.00721. The summed E-state index contributed by atoms with van der Waals surface area (Å²) in [4.78, 5) is 82.0. The number of fused-ring (bicyclic) bond motifs is 2. The summed E-state index contributed by atoms with van der Waals surface area (Å²) in [5.74, 6) is -3.64. The zero-order valence-corrected chi connectivity index (χ0v) is 14.5. The summed E-state index contributed by atoms with van der Waals surface area (Å²) in [6.07, 6.45) is 1.56. The molecular formula is C17H18N2O8. The van der Waals surface area contributed by atoms with Gasteiger partial charge in [-0.1, -0.05) is 0 Å². The van der Waals surface area contributed by atoms with Crippen LogP contribution < -0.4 is 0 Å². The van der Waals surface area contributed by atoms with Gasteiger partial charge in [-0.3, -0.25) is 19.2 Å². The van der Waals surface area contributed by atoms with Gasteiger partial charge in [0, 0.05) is 25.7 Å². The fourth-order valence-corrected chi connectivity index (χ4v) is 4.44. The fourth-order valence-electron chi connectivity index (χ4n) is 4.44. The molecule has 2 aliphatic heterocycles.